The molecule has 0 saturated carbocycles. The Balaban J connectivity index is 2.07. The zero-order valence-electron chi connectivity index (χ0n) is 12.7. The molecule has 3 aliphatic rings. The van der Waals surface area contributed by atoms with Gasteiger partial charge < -0.3 is 19.1 Å². The molecule has 3 rings (SSSR count). The Morgan fingerprint density at radius 2 is 2.00 bits per heavy atom. The summed E-state index contributed by atoms with van der Waals surface area (Å²) in [5, 5.41) is 0. The zero-order chi connectivity index (χ0) is 15.6. The van der Waals surface area contributed by atoms with E-state index in [2.05, 4.69) is 4.99 Å². The van der Waals surface area contributed by atoms with Gasteiger partial charge in [0, 0.05) is 14.1 Å². The largest absolute Gasteiger partial charge is 0.364 e. The van der Waals surface area contributed by atoms with Crippen LogP contribution < -0.4 is 0 Å². The lowest BCUT2D eigenvalue weighted by atomic mass is 9.93. The first-order valence-corrected chi connectivity index (χ1v) is 8.51. The standard InChI is InChI=1S/C12H20N2O6S/c1-11(2)18-8-9(19-11)17-7-6-13-10(14(3)4)12(7,8)20-21(5,15)16/h7-9H,6H2,1-5H3/t7-,8+,9-,12-/m1/s1. The lowest BCUT2D eigenvalue weighted by Gasteiger charge is -2.35. The van der Waals surface area contributed by atoms with Gasteiger partial charge in [0.25, 0.3) is 10.1 Å². The lowest BCUT2D eigenvalue weighted by molar-refractivity contribution is -0.215. The van der Waals surface area contributed by atoms with Crippen LogP contribution in [0.25, 0.3) is 0 Å². The maximum Gasteiger partial charge on any atom is 0.265 e. The van der Waals surface area contributed by atoms with E-state index in [0.29, 0.717) is 12.4 Å². The molecule has 3 heterocycles. The number of hydrogen-bond acceptors (Lipinski definition) is 8. The van der Waals surface area contributed by atoms with Crippen molar-refractivity contribution in [1.29, 1.82) is 0 Å². The molecule has 3 aliphatic heterocycles. The molecular formula is C12H20N2O6S. The summed E-state index contributed by atoms with van der Waals surface area (Å²) < 4.78 is 46.4. The Bertz CT molecular complexity index is 587. The molecule has 0 aromatic rings. The van der Waals surface area contributed by atoms with Crippen molar-refractivity contribution < 1.29 is 26.8 Å². The molecule has 0 aliphatic carbocycles. The zero-order valence-corrected chi connectivity index (χ0v) is 13.5. The fourth-order valence-corrected chi connectivity index (χ4v) is 3.97. The smallest absolute Gasteiger partial charge is 0.265 e. The number of ether oxygens (including phenoxy) is 3. The van der Waals surface area contributed by atoms with Gasteiger partial charge in [-0.3, -0.25) is 4.99 Å². The fourth-order valence-electron chi connectivity index (χ4n) is 3.19. The summed E-state index contributed by atoms with van der Waals surface area (Å²) in [6, 6.07) is 0. The van der Waals surface area contributed by atoms with Crippen molar-refractivity contribution >= 4 is 16.0 Å². The highest BCUT2D eigenvalue weighted by Gasteiger charge is 2.70. The van der Waals surface area contributed by atoms with Gasteiger partial charge in [-0.25, -0.2) is 4.18 Å². The second-order valence-electron chi connectivity index (χ2n) is 6.19. The molecule has 9 heteroatoms. The third kappa shape index (κ3) is 2.27. The Kier molecular flexibility index (Phi) is 3.17. The van der Waals surface area contributed by atoms with E-state index in [1.54, 1.807) is 32.8 Å². The van der Waals surface area contributed by atoms with Crippen LogP contribution in [0.1, 0.15) is 13.8 Å². The van der Waals surface area contributed by atoms with Crippen LogP contribution in [-0.4, -0.2) is 75.9 Å². The van der Waals surface area contributed by atoms with Gasteiger partial charge in [-0.15, -0.1) is 0 Å². The molecule has 21 heavy (non-hydrogen) atoms. The summed E-state index contributed by atoms with van der Waals surface area (Å²) in [4.78, 5) is 6.10. The number of likely N-dealkylation sites (N-methyl/N-ethyl adjacent to an activating group) is 1. The van der Waals surface area contributed by atoms with Crippen LogP contribution in [-0.2, 0) is 28.5 Å². The topological polar surface area (TPSA) is 86.7 Å². The van der Waals surface area contributed by atoms with Crippen molar-refractivity contribution in [2.24, 2.45) is 4.99 Å². The van der Waals surface area contributed by atoms with Crippen LogP contribution in [0.3, 0.4) is 0 Å². The number of rotatable bonds is 2. The summed E-state index contributed by atoms with van der Waals surface area (Å²) in [5.41, 5.74) is -1.30. The molecule has 0 bridgehead atoms. The van der Waals surface area contributed by atoms with Gasteiger partial charge in [0.1, 0.15) is 11.9 Å². The summed E-state index contributed by atoms with van der Waals surface area (Å²) in [5.74, 6) is -0.375. The molecule has 0 aromatic heterocycles. The second kappa shape index (κ2) is 4.39. The summed E-state index contributed by atoms with van der Waals surface area (Å²) in [6.45, 7) is 3.81. The minimum absolute atomic E-state index is 0.309. The van der Waals surface area contributed by atoms with Crippen molar-refractivity contribution in [2.75, 3.05) is 26.9 Å². The van der Waals surface area contributed by atoms with E-state index >= 15 is 0 Å². The molecule has 120 valence electrons. The number of aliphatic imine (C=N–C) groups is 1. The van der Waals surface area contributed by atoms with Crippen LogP contribution in [0.5, 0.6) is 0 Å². The predicted molar refractivity (Wildman–Crippen MR) is 73.3 cm³/mol. The maximum atomic E-state index is 11.8. The van der Waals surface area contributed by atoms with Crippen molar-refractivity contribution in [1.82, 2.24) is 4.90 Å². The first-order chi connectivity index (χ1) is 9.55. The molecule has 0 N–H and O–H groups in total. The van der Waals surface area contributed by atoms with Crippen molar-refractivity contribution in [3.8, 4) is 0 Å². The van der Waals surface area contributed by atoms with Gasteiger partial charge in [0.15, 0.2) is 18.2 Å². The Hall–Kier alpha value is -0.740. The van der Waals surface area contributed by atoms with Gasteiger partial charge in [-0.05, 0) is 13.8 Å². The van der Waals surface area contributed by atoms with E-state index in [1.807, 2.05) is 0 Å². The highest BCUT2D eigenvalue weighted by molar-refractivity contribution is 7.86. The summed E-state index contributed by atoms with van der Waals surface area (Å²) in [7, 11) is -0.175. The van der Waals surface area contributed by atoms with Gasteiger partial charge >= 0.3 is 0 Å². The Morgan fingerprint density at radius 1 is 1.33 bits per heavy atom. The van der Waals surface area contributed by atoms with Crippen LogP contribution in [0.2, 0.25) is 0 Å². The second-order valence-corrected chi connectivity index (χ2v) is 7.76. The number of nitrogens with zero attached hydrogens (tertiary/aromatic N) is 2. The quantitative estimate of drug-likeness (QED) is 0.637. The van der Waals surface area contributed by atoms with Crippen molar-refractivity contribution in [3.05, 3.63) is 0 Å². The SMILES string of the molecule is CN(C)C1=NC[C@H]2O[C@@H]3OC(C)(C)O[C@@H]3[C@@]12OS(C)(=O)=O. The van der Waals surface area contributed by atoms with E-state index < -0.39 is 40.0 Å². The third-order valence-electron chi connectivity index (χ3n) is 3.73. The van der Waals surface area contributed by atoms with E-state index in [4.69, 9.17) is 18.4 Å². The van der Waals surface area contributed by atoms with Crippen molar-refractivity contribution in [2.45, 2.75) is 43.7 Å². The molecule has 0 aromatic carbocycles. The number of amidine groups is 1. The molecule has 0 amide bonds. The Morgan fingerprint density at radius 3 is 2.57 bits per heavy atom. The van der Waals surface area contributed by atoms with Gasteiger partial charge in [0.2, 0.25) is 5.60 Å². The van der Waals surface area contributed by atoms with Crippen LogP contribution in [0.4, 0.5) is 0 Å². The number of fused-ring (bicyclic) bond motifs is 3. The van der Waals surface area contributed by atoms with Crippen LogP contribution >= 0.6 is 0 Å². The average molecular weight is 320 g/mol. The Labute approximate surface area is 124 Å². The molecule has 2 saturated heterocycles. The number of hydrogen-bond donors (Lipinski definition) is 0. The minimum Gasteiger partial charge on any atom is -0.364 e. The summed E-state index contributed by atoms with van der Waals surface area (Å²) in [6.07, 6.45) is -0.887. The lowest BCUT2D eigenvalue weighted by Crippen LogP contribution is -2.59. The molecule has 4 atom stereocenters. The maximum absolute atomic E-state index is 11.8. The molecule has 2 fully saturated rings. The van der Waals surface area contributed by atoms with Crippen LogP contribution in [0, 0.1) is 0 Å². The van der Waals surface area contributed by atoms with Crippen molar-refractivity contribution in [3.63, 3.8) is 0 Å². The predicted octanol–water partition coefficient (Wildman–Crippen LogP) is -0.448. The molecule has 0 radical (unpaired) electrons. The molecule has 0 unspecified atom stereocenters. The van der Waals surface area contributed by atoms with Gasteiger partial charge in [-0.1, -0.05) is 0 Å². The van der Waals surface area contributed by atoms with E-state index in [0.717, 1.165) is 6.26 Å². The fraction of sp³-hybridized carbons (Fsp3) is 0.917. The molecular weight excluding hydrogens is 300 g/mol. The molecule has 8 nitrogen and oxygen atoms in total. The third-order valence-corrected chi connectivity index (χ3v) is 4.31. The highest BCUT2D eigenvalue weighted by atomic mass is 32.2. The summed E-state index contributed by atoms with van der Waals surface area (Å²) >= 11 is 0. The first kappa shape index (κ1) is 15.2. The van der Waals surface area contributed by atoms with E-state index in [9.17, 15) is 8.42 Å². The minimum atomic E-state index is -3.74. The van der Waals surface area contributed by atoms with Gasteiger partial charge in [-0.2, -0.15) is 8.42 Å². The monoisotopic (exact) mass is 320 g/mol. The normalized spacial score (nSPS) is 40.8. The van der Waals surface area contributed by atoms with E-state index in [-0.39, 0.29) is 0 Å². The van der Waals surface area contributed by atoms with E-state index in [1.165, 1.54) is 0 Å². The average Bonchev–Trinajstić information content (AvgIpc) is 2.82. The first-order valence-electron chi connectivity index (χ1n) is 6.69. The van der Waals surface area contributed by atoms with Gasteiger partial charge in [0.05, 0.1) is 12.8 Å². The molecule has 0 spiro atoms. The highest BCUT2D eigenvalue weighted by Crippen LogP contribution is 2.48. The van der Waals surface area contributed by atoms with Crippen LogP contribution in [0.15, 0.2) is 4.99 Å².